The number of hydrogen-bond donors (Lipinski definition) is 2. The highest BCUT2D eigenvalue weighted by molar-refractivity contribution is 5.25. The molecule has 1 heterocycles. The SMILES string of the molecule is CCn1ccc(C(C)NCc2ccc(O)cc2)n1. The molecule has 0 aliphatic rings. The zero-order chi connectivity index (χ0) is 13.0. The van der Waals surface area contributed by atoms with E-state index in [0.29, 0.717) is 5.75 Å². The highest BCUT2D eigenvalue weighted by atomic mass is 16.3. The monoisotopic (exact) mass is 245 g/mol. The maximum absolute atomic E-state index is 9.21. The predicted molar refractivity (Wildman–Crippen MR) is 71.3 cm³/mol. The van der Waals surface area contributed by atoms with E-state index in [1.807, 2.05) is 29.1 Å². The third kappa shape index (κ3) is 3.11. The third-order valence-corrected chi connectivity index (χ3v) is 2.98. The highest BCUT2D eigenvalue weighted by Crippen LogP contribution is 2.12. The van der Waals surface area contributed by atoms with Crippen LogP contribution < -0.4 is 5.32 Å². The first-order valence-corrected chi connectivity index (χ1v) is 6.23. The average molecular weight is 245 g/mol. The highest BCUT2D eigenvalue weighted by Gasteiger charge is 2.07. The molecule has 1 aromatic carbocycles. The van der Waals surface area contributed by atoms with Crippen LogP contribution in [0, 0.1) is 0 Å². The molecule has 1 unspecified atom stereocenters. The van der Waals surface area contributed by atoms with Crippen LogP contribution in [0.15, 0.2) is 36.5 Å². The second-order valence-electron chi connectivity index (χ2n) is 4.37. The number of nitrogens with one attached hydrogen (secondary N) is 1. The van der Waals surface area contributed by atoms with Gasteiger partial charge in [0.15, 0.2) is 0 Å². The first-order chi connectivity index (χ1) is 8.69. The van der Waals surface area contributed by atoms with Crippen molar-refractivity contribution in [2.24, 2.45) is 0 Å². The van der Waals surface area contributed by atoms with E-state index in [9.17, 15) is 5.11 Å². The van der Waals surface area contributed by atoms with Crippen molar-refractivity contribution < 1.29 is 5.11 Å². The lowest BCUT2D eigenvalue weighted by atomic mass is 10.2. The van der Waals surface area contributed by atoms with Gasteiger partial charge in [0.2, 0.25) is 0 Å². The molecule has 1 atom stereocenters. The van der Waals surface area contributed by atoms with E-state index in [2.05, 4.69) is 24.3 Å². The summed E-state index contributed by atoms with van der Waals surface area (Å²) in [5.74, 6) is 0.300. The van der Waals surface area contributed by atoms with Crippen molar-refractivity contribution in [3.8, 4) is 5.75 Å². The minimum atomic E-state index is 0.214. The second kappa shape index (κ2) is 5.69. The number of rotatable bonds is 5. The van der Waals surface area contributed by atoms with E-state index >= 15 is 0 Å². The number of aromatic nitrogens is 2. The molecule has 0 aliphatic carbocycles. The Balaban J connectivity index is 1.91. The Morgan fingerprint density at radius 1 is 1.28 bits per heavy atom. The molecule has 0 fully saturated rings. The van der Waals surface area contributed by atoms with Crippen LogP contribution in [-0.4, -0.2) is 14.9 Å². The average Bonchev–Trinajstić information content (AvgIpc) is 2.86. The summed E-state index contributed by atoms with van der Waals surface area (Å²) in [5.41, 5.74) is 2.20. The Morgan fingerprint density at radius 2 is 2.00 bits per heavy atom. The molecule has 2 aromatic rings. The molecular formula is C14H19N3O. The minimum absolute atomic E-state index is 0.214. The summed E-state index contributed by atoms with van der Waals surface area (Å²) >= 11 is 0. The number of phenols is 1. The van der Waals surface area contributed by atoms with Gasteiger partial charge in [-0.3, -0.25) is 4.68 Å². The summed E-state index contributed by atoms with van der Waals surface area (Å²) < 4.78 is 1.92. The Morgan fingerprint density at radius 3 is 2.61 bits per heavy atom. The van der Waals surface area contributed by atoms with Crippen LogP contribution in [0.2, 0.25) is 0 Å². The van der Waals surface area contributed by atoms with E-state index in [1.165, 1.54) is 0 Å². The molecule has 4 nitrogen and oxygen atoms in total. The second-order valence-corrected chi connectivity index (χ2v) is 4.37. The van der Waals surface area contributed by atoms with Gasteiger partial charge in [-0.25, -0.2) is 0 Å². The number of aryl methyl sites for hydroxylation is 1. The molecule has 0 radical (unpaired) electrons. The number of hydrogen-bond acceptors (Lipinski definition) is 3. The molecule has 0 aliphatic heterocycles. The van der Waals surface area contributed by atoms with Crippen molar-refractivity contribution in [2.75, 3.05) is 0 Å². The normalized spacial score (nSPS) is 12.6. The Bertz CT molecular complexity index is 490. The van der Waals surface area contributed by atoms with E-state index in [-0.39, 0.29) is 6.04 Å². The zero-order valence-corrected chi connectivity index (χ0v) is 10.8. The molecular weight excluding hydrogens is 226 g/mol. The summed E-state index contributed by atoms with van der Waals surface area (Å²) in [6.07, 6.45) is 1.99. The Labute approximate surface area is 107 Å². The van der Waals surface area contributed by atoms with Crippen LogP contribution in [-0.2, 0) is 13.1 Å². The van der Waals surface area contributed by atoms with Gasteiger partial charge in [0.25, 0.3) is 0 Å². The van der Waals surface area contributed by atoms with Gasteiger partial charge in [-0.2, -0.15) is 5.10 Å². The Hall–Kier alpha value is -1.81. The van der Waals surface area contributed by atoms with Crippen LogP contribution in [0.1, 0.15) is 31.1 Å². The van der Waals surface area contributed by atoms with Crippen LogP contribution in [0.4, 0.5) is 0 Å². The van der Waals surface area contributed by atoms with Gasteiger partial charge >= 0.3 is 0 Å². The van der Waals surface area contributed by atoms with Gasteiger partial charge in [-0.05, 0) is 37.6 Å². The van der Waals surface area contributed by atoms with Crippen molar-refractivity contribution in [1.82, 2.24) is 15.1 Å². The summed E-state index contributed by atoms with van der Waals surface area (Å²) in [6.45, 7) is 5.83. The number of benzene rings is 1. The van der Waals surface area contributed by atoms with E-state index in [1.54, 1.807) is 12.1 Å². The third-order valence-electron chi connectivity index (χ3n) is 2.98. The van der Waals surface area contributed by atoms with Crippen molar-refractivity contribution in [3.05, 3.63) is 47.8 Å². The van der Waals surface area contributed by atoms with Crippen LogP contribution in [0.5, 0.6) is 5.75 Å². The van der Waals surface area contributed by atoms with Gasteiger partial charge in [0.1, 0.15) is 5.75 Å². The molecule has 0 spiro atoms. The summed E-state index contributed by atoms with van der Waals surface area (Å²) in [5, 5.41) is 17.1. The maximum Gasteiger partial charge on any atom is 0.115 e. The molecule has 0 saturated heterocycles. The van der Waals surface area contributed by atoms with Gasteiger partial charge in [0.05, 0.1) is 5.69 Å². The fourth-order valence-corrected chi connectivity index (χ4v) is 1.77. The van der Waals surface area contributed by atoms with Crippen LogP contribution in [0.3, 0.4) is 0 Å². The first-order valence-electron chi connectivity index (χ1n) is 6.23. The van der Waals surface area contributed by atoms with E-state index < -0.39 is 0 Å². The fourth-order valence-electron chi connectivity index (χ4n) is 1.77. The lowest BCUT2D eigenvalue weighted by Gasteiger charge is -2.11. The molecule has 4 heteroatoms. The summed E-state index contributed by atoms with van der Waals surface area (Å²) in [7, 11) is 0. The molecule has 2 N–H and O–H groups in total. The summed E-state index contributed by atoms with van der Waals surface area (Å²) in [4.78, 5) is 0. The molecule has 0 saturated carbocycles. The number of nitrogens with zero attached hydrogens (tertiary/aromatic N) is 2. The molecule has 1 aromatic heterocycles. The first kappa shape index (κ1) is 12.6. The molecule has 0 amide bonds. The number of phenolic OH excluding ortho intramolecular Hbond substituents is 1. The maximum atomic E-state index is 9.21. The van der Waals surface area contributed by atoms with Gasteiger partial charge in [-0.1, -0.05) is 12.1 Å². The molecule has 18 heavy (non-hydrogen) atoms. The Kier molecular flexibility index (Phi) is 3.99. The molecule has 96 valence electrons. The van der Waals surface area contributed by atoms with Crippen LogP contribution in [0.25, 0.3) is 0 Å². The van der Waals surface area contributed by atoms with Gasteiger partial charge in [-0.15, -0.1) is 0 Å². The van der Waals surface area contributed by atoms with Crippen molar-refractivity contribution in [3.63, 3.8) is 0 Å². The van der Waals surface area contributed by atoms with Gasteiger partial charge < -0.3 is 10.4 Å². The molecule has 0 bridgehead atoms. The molecule has 2 rings (SSSR count). The lowest BCUT2D eigenvalue weighted by Crippen LogP contribution is -2.18. The fraction of sp³-hybridized carbons (Fsp3) is 0.357. The van der Waals surface area contributed by atoms with E-state index in [0.717, 1.165) is 24.3 Å². The standard InChI is InChI=1S/C14H19N3O/c1-3-17-9-8-14(16-17)11(2)15-10-12-4-6-13(18)7-5-12/h4-9,11,15,18H,3,10H2,1-2H3. The van der Waals surface area contributed by atoms with Gasteiger partial charge in [0, 0.05) is 25.3 Å². The number of aromatic hydroxyl groups is 1. The minimum Gasteiger partial charge on any atom is -0.508 e. The largest absolute Gasteiger partial charge is 0.508 e. The smallest absolute Gasteiger partial charge is 0.115 e. The van der Waals surface area contributed by atoms with Crippen molar-refractivity contribution in [2.45, 2.75) is 33.0 Å². The quantitative estimate of drug-likeness (QED) is 0.850. The predicted octanol–water partition coefficient (Wildman–Crippen LogP) is 2.46. The van der Waals surface area contributed by atoms with Crippen LogP contribution >= 0.6 is 0 Å². The lowest BCUT2D eigenvalue weighted by molar-refractivity contribution is 0.474. The van der Waals surface area contributed by atoms with Crippen molar-refractivity contribution >= 4 is 0 Å². The topological polar surface area (TPSA) is 50.1 Å². The summed E-state index contributed by atoms with van der Waals surface area (Å²) in [6, 6.07) is 9.49. The van der Waals surface area contributed by atoms with Crippen molar-refractivity contribution in [1.29, 1.82) is 0 Å². The van der Waals surface area contributed by atoms with E-state index in [4.69, 9.17) is 0 Å². The zero-order valence-electron chi connectivity index (χ0n) is 10.8.